The number of para-hydroxylation sites is 2. The molecule has 0 atom stereocenters. The van der Waals surface area contributed by atoms with E-state index in [2.05, 4.69) is 216 Å². The number of aromatic nitrogens is 1. The van der Waals surface area contributed by atoms with Crippen molar-refractivity contribution in [3.8, 4) is 27.9 Å². The number of fused-ring (bicyclic) bond motifs is 7. The topological polar surface area (TPSA) is 8.17 Å². The number of benzene rings is 9. The molecule has 0 amide bonds. The molecule has 0 fully saturated rings. The molecule has 0 spiro atoms. The van der Waals surface area contributed by atoms with E-state index in [4.69, 9.17) is 0 Å². The molecule has 2 nitrogen and oxygen atoms in total. The van der Waals surface area contributed by atoms with Crippen LogP contribution in [0.15, 0.2) is 206 Å². The van der Waals surface area contributed by atoms with Crippen LogP contribution in [-0.2, 0) is 0 Å². The van der Waals surface area contributed by atoms with Gasteiger partial charge in [-0.1, -0.05) is 127 Å². The average molecular weight is 719 g/mol. The van der Waals surface area contributed by atoms with E-state index in [1.54, 1.807) is 0 Å². The molecular weight excluding hydrogens is 685 g/mol. The first-order valence-electron chi connectivity index (χ1n) is 18.7. The zero-order valence-corrected chi connectivity index (χ0v) is 30.7. The molecule has 0 bridgehead atoms. The molecule has 2 aromatic heterocycles. The van der Waals surface area contributed by atoms with E-state index in [0.717, 1.165) is 17.1 Å². The van der Waals surface area contributed by atoms with E-state index < -0.39 is 0 Å². The third kappa shape index (κ3) is 5.40. The molecule has 258 valence electrons. The number of hydrogen-bond acceptors (Lipinski definition) is 2. The molecule has 0 saturated carbocycles. The van der Waals surface area contributed by atoms with Crippen LogP contribution in [0.3, 0.4) is 0 Å². The highest BCUT2D eigenvalue weighted by Crippen LogP contribution is 2.41. The van der Waals surface area contributed by atoms with E-state index in [-0.39, 0.29) is 0 Å². The Labute approximate surface area is 323 Å². The molecule has 0 radical (unpaired) electrons. The largest absolute Gasteiger partial charge is 0.310 e. The van der Waals surface area contributed by atoms with Crippen LogP contribution >= 0.6 is 11.3 Å². The van der Waals surface area contributed by atoms with Crippen molar-refractivity contribution < 1.29 is 0 Å². The molecule has 55 heavy (non-hydrogen) atoms. The van der Waals surface area contributed by atoms with Gasteiger partial charge in [0.1, 0.15) is 0 Å². The summed E-state index contributed by atoms with van der Waals surface area (Å²) in [6, 6.07) is 75.2. The van der Waals surface area contributed by atoms with E-state index in [0.29, 0.717) is 0 Å². The van der Waals surface area contributed by atoms with Crippen LogP contribution in [0.25, 0.3) is 80.7 Å². The Morgan fingerprint density at radius 3 is 1.67 bits per heavy atom. The summed E-state index contributed by atoms with van der Waals surface area (Å²) >= 11 is 1.86. The SMILES string of the molecule is c1ccc(-n2c3ccccc3c3ccc(-c4ccc(N(c5ccc(-c6ccc7sc8ccccc8c7c6)cc5)c5ccc6ccccc6c5)cc4)cc32)cc1. The zero-order chi connectivity index (χ0) is 36.3. The lowest BCUT2D eigenvalue weighted by Crippen LogP contribution is -2.09. The Morgan fingerprint density at radius 1 is 0.327 bits per heavy atom. The second-order valence-corrected chi connectivity index (χ2v) is 15.3. The van der Waals surface area contributed by atoms with Crippen molar-refractivity contribution >= 4 is 81.1 Å². The lowest BCUT2D eigenvalue weighted by atomic mass is 10.0. The van der Waals surface area contributed by atoms with Crippen LogP contribution in [-0.4, -0.2) is 4.57 Å². The molecule has 0 aliphatic carbocycles. The molecular formula is C52H34N2S. The first-order chi connectivity index (χ1) is 27.2. The van der Waals surface area contributed by atoms with Crippen molar-refractivity contribution in [3.05, 3.63) is 206 Å². The molecule has 0 aliphatic heterocycles. The minimum absolute atomic E-state index is 1.11. The zero-order valence-electron chi connectivity index (χ0n) is 29.9. The second-order valence-electron chi connectivity index (χ2n) is 14.2. The van der Waals surface area contributed by atoms with Gasteiger partial charge >= 0.3 is 0 Å². The van der Waals surface area contributed by atoms with Crippen molar-refractivity contribution in [2.75, 3.05) is 4.90 Å². The normalized spacial score (nSPS) is 11.6. The maximum Gasteiger partial charge on any atom is 0.0547 e. The number of hydrogen-bond donors (Lipinski definition) is 0. The van der Waals surface area contributed by atoms with Gasteiger partial charge < -0.3 is 9.47 Å². The molecule has 0 aliphatic rings. The highest BCUT2D eigenvalue weighted by Gasteiger charge is 2.16. The van der Waals surface area contributed by atoms with Crippen LogP contribution in [0.5, 0.6) is 0 Å². The second kappa shape index (κ2) is 12.9. The Balaban J connectivity index is 0.991. The number of anilines is 3. The van der Waals surface area contributed by atoms with Gasteiger partial charge in [-0.15, -0.1) is 11.3 Å². The van der Waals surface area contributed by atoms with Gasteiger partial charge in [-0.25, -0.2) is 0 Å². The smallest absolute Gasteiger partial charge is 0.0547 e. The molecule has 11 rings (SSSR count). The van der Waals surface area contributed by atoms with Crippen LogP contribution in [0.4, 0.5) is 17.1 Å². The lowest BCUT2D eigenvalue weighted by molar-refractivity contribution is 1.18. The number of nitrogens with zero attached hydrogens (tertiary/aromatic N) is 2. The van der Waals surface area contributed by atoms with Crippen LogP contribution in [0.1, 0.15) is 0 Å². The summed E-state index contributed by atoms with van der Waals surface area (Å²) in [7, 11) is 0. The standard InChI is InChI=1S/C52H34N2S/c1-2-12-41(13-3-1)54-49-16-8-6-14-45(49)46-30-23-40(34-50(46)54)37-20-27-43(28-21-37)53(44-29-22-35-10-4-5-11-38(35)32-44)42-25-18-36(19-26-42)39-24-31-52-48(33-39)47-15-7-9-17-51(47)55-52/h1-34H. The Hall–Kier alpha value is -6.94. The van der Waals surface area contributed by atoms with Crippen LogP contribution < -0.4 is 4.90 Å². The predicted octanol–water partition coefficient (Wildman–Crippen LogP) is 15.1. The lowest BCUT2D eigenvalue weighted by Gasteiger charge is -2.26. The summed E-state index contributed by atoms with van der Waals surface area (Å²) in [5, 5.41) is 7.62. The van der Waals surface area contributed by atoms with Crippen LogP contribution in [0, 0.1) is 0 Å². The maximum atomic E-state index is 2.38. The van der Waals surface area contributed by atoms with Gasteiger partial charge in [0.15, 0.2) is 0 Å². The van der Waals surface area contributed by atoms with Gasteiger partial charge in [-0.05, 0) is 112 Å². The van der Waals surface area contributed by atoms with Gasteiger partial charge in [0.05, 0.1) is 11.0 Å². The van der Waals surface area contributed by atoms with Crippen molar-refractivity contribution in [3.63, 3.8) is 0 Å². The summed E-state index contributed by atoms with van der Waals surface area (Å²) < 4.78 is 5.04. The minimum atomic E-state index is 1.11. The fourth-order valence-electron chi connectivity index (χ4n) is 8.28. The third-order valence-electron chi connectivity index (χ3n) is 11.0. The number of rotatable bonds is 6. The first-order valence-corrected chi connectivity index (χ1v) is 19.6. The quantitative estimate of drug-likeness (QED) is 0.166. The van der Waals surface area contributed by atoms with Crippen LogP contribution in [0.2, 0.25) is 0 Å². The van der Waals surface area contributed by atoms with Crippen molar-refractivity contribution in [1.82, 2.24) is 4.57 Å². The van der Waals surface area contributed by atoms with Gasteiger partial charge in [-0.2, -0.15) is 0 Å². The van der Waals surface area contributed by atoms with E-state index in [9.17, 15) is 0 Å². The van der Waals surface area contributed by atoms with E-state index >= 15 is 0 Å². The Kier molecular flexibility index (Phi) is 7.39. The maximum absolute atomic E-state index is 2.38. The van der Waals surface area contributed by atoms with Gasteiger partial charge in [0, 0.05) is 53.7 Å². The molecule has 0 N–H and O–H groups in total. The summed E-state index contributed by atoms with van der Waals surface area (Å²) in [6.07, 6.45) is 0. The fraction of sp³-hybridized carbons (Fsp3) is 0. The minimum Gasteiger partial charge on any atom is -0.310 e. The molecule has 0 saturated heterocycles. The molecule has 0 unspecified atom stereocenters. The highest BCUT2D eigenvalue weighted by molar-refractivity contribution is 7.25. The van der Waals surface area contributed by atoms with E-state index in [1.165, 1.54) is 80.7 Å². The van der Waals surface area contributed by atoms with Crippen molar-refractivity contribution in [2.45, 2.75) is 0 Å². The van der Waals surface area contributed by atoms with Crippen molar-refractivity contribution in [1.29, 1.82) is 0 Å². The fourth-order valence-corrected chi connectivity index (χ4v) is 9.37. The molecule has 11 aromatic rings. The molecule has 9 aromatic carbocycles. The third-order valence-corrected chi connectivity index (χ3v) is 12.1. The Bertz CT molecular complexity index is 3190. The van der Waals surface area contributed by atoms with Gasteiger partial charge in [0.25, 0.3) is 0 Å². The molecule has 3 heteroatoms. The highest BCUT2D eigenvalue weighted by atomic mass is 32.1. The summed E-state index contributed by atoms with van der Waals surface area (Å²) in [6.45, 7) is 0. The first kappa shape index (κ1) is 31.6. The average Bonchev–Trinajstić information content (AvgIpc) is 3.79. The predicted molar refractivity (Wildman–Crippen MR) is 237 cm³/mol. The molecule has 2 heterocycles. The summed E-state index contributed by atoms with van der Waals surface area (Å²) in [5.41, 5.74) is 11.7. The van der Waals surface area contributed by atoms with Gasteiger partial charge in [0.2, 0.25) is 0 Å². The van der Waals surface area contributed by atoms with Crippen molar-refractivity contribution in [2.24, 2.45) is 0 Å². The summed E-state index contributed by atoms with van der Waals surface area (Å²) in [4.78, 5) is 2.37. The monoisotopic (exact) mass is 718 g/mol. The Morgan fingerprint density at radius 2 is 0.891 bits per heavy atom. The van der Waals surface area contributed by atoms with Gasteiger partial charge in [-0.3, -0.25) is 0 Å². The number of thiophene rings is 1. The van der Waals surface area contributed by atoms with E-state index in [1.807, 2.05) is 11.3 Å². The summed E-state index contributed by atoms with van der Waals surface area (Å²) in [5.74, 6) is 0.